The molecule has 0 fully saturated rings. The average molecular weight is 334 g/mol. The van der Waals surface area contributed by atoms with Gasteiger partial charge in [0.2, 0.25) is 0 Å². The van der Waals surface area contributed by atoms with Crippen molar-refractivity contribution in [2.24, 2.45) is 0 Å². The molecule has 0 radical (unpaired) electrons. The highest BCUT2D eigenvalue weighted by atomic mass is 16.2. The summed E-state index contributed by atoms with van der Waals surface area (Å²) in [6, 6.07) is 16.1. The van der Waals surface area contributed by atoms with Crippen molar-refractivity contribution < 1.29 is 9.59 Å². The van der Waals surface area contributed by atoms with Crippen LogP contribution in [0.2, 0.25) is 0 Å². The molecule has 0 spiro atoms. The number of carbonyl (C=O) groups excluding carboxylic acids is 2. The number of hydrogen-bond donors (Lipinski definition) is 3. The summed E-state index contributed by atoms with van der Waals surface area (Å²) in [6.07, 6.45) is 1.75. The smallest absolute Gasteiger partial charge is 0.319 e. The Bertz CT molecular complexity index is 907. The van der Waals surface area contributed by atoms with Gasteiger partial charge in [-0.3, -0.25) is 9.78 Å². The number of anilines is 1. The summed E-state index contributed by atoms with van der Waals surface area (Å²) in [5.41, 5.74) is 3.07. The molecular formula is C19H18N4O2. The summed E-state index contributed by atoms with van der Waals surface area (Å²) in [6.45, 7) is 0.410. The molecule has 0 saturated heterocycles. The molecular weight excluding hydrogens is 316 g/mol. The predicted molar refractivity (Wildman–Crippen MR) is 97.4 cm³/mol. The molecule has 0 aliphatic carbocycles. The highest BCUT2D eigenvalue weighted by Gasteiger charge is 2.05. The first kappa shape index (κ1) is 16.4. The molecule has 3 N–H and O–H groups in total. The van der Waals surface area contributed by atoms with Crippen LogP contribution in [-0.4, -0.2) is 24.0 Å². The van der Waals surface area contributed by atoms with Crippen LogP contribution in [-0.2, 0) is 6.54 Å². The van der Waals surface area contributed by atoms with Gasteiger partial charge >= 0.3 is 6.03 Å². The lowest BCUT2D eigenvalue weighted by molar-refractivity contribution is 0.0963. The van der Waals surface area contributed by atoms with E-state index in [2.05, 4.69) is 20.9 Å². The number of urea groups is 1. The molecule has 25 heavy (non-hydrogen) atoms. The third-order valence-electron chi connectivity index (χ3n) is 3.75. The first-order valence-electron chi connectivity index (χ1n) is 7.86. The minimum absolute atomic E-state index is 0.165. The van der Waals surface area contributed by atoms with E-state index in [1.54, 1.807) is 37.5 Å². The lowest BCUT2D eigenvalue weighted by Gasteiger charge is -2.09. The van der Waals surface area contributed by atoms with E-state index >= 15 is 0 Å². The molecule has 0 bridgehead atoms. The molecule has 0 aliphatic rings. The lowest BCUT2D eigenvalue weighted by Crippen LogP contribution is -2.28. The standard InChI is InChI=1S/C19H18N4O2/c1-20-18(24)14-5-7-16(8-6-14)23-19(25)22-12-13-4-9-17-15(11-13)3-2-10-21-17/h2-11H,12H2,1H3,(H,20,24)(H2,22,23,25). The summed E-state index contributed by atoms with van der Waals surface area (Å²) >= 11 is 0. The van der Waals surface area contributed by atoms with Gasteiger partial charge in [-0.25, -0.2) is 4.79 Å². The number of nitrogens with one attached hydrogen (secondary N) is 3. The molecule has 6 nitrogen and oxygen atoms in total. The van der Waals surface area contributed by atoms with Crippen molar-refractivity contribution in [2.45, 2.75) is 6.54 Å². The molecule has 2 aromatic carbocycles. The Balaban J connectivity index is 1.57. The van der Waals surface area contributed by atoms with E-state index in [1.165, 1.54) is 0 Å². The van der Waals surface area contributed by atoms with Gasteiger partial charge in [0.05, 0.1) is 5.52 Å². The van der Waals surface area contributed by atoms with Gasteiger partial charge in [0.25, 0.3) is 5.91 Å². The maximum Gasteiger partial charge on any atom is 0.319 e. The van der Waals surface area contributed by atoms with E-state index in [1.807, 2.05) is 30.3 Å². The van der Waals surface area contributed by atoms with E-state index in [0.717, 1.165) is 16.5 Å². The largest absolute Gasteiger partial charge is 0.355 e. The van der Waals surface area contributed by atoms with Crippen LogP contribution in [0.5, 0.6) is 0 Å². The normalized spacial score (nSPS) is 10.3. The number of aromatic nitrogens is 1. The van der Waals surface area contributed by atoms with Gasteiger partial charge < -0.3 is 16.0 Å². The van der Waals surface area contributed by atoms with Gasteiger partial charge in [-0.1, -0.05) is 12.1 Å². The Labute approximate surface area is 145 Å². The Kier molecular flexibility index (Phi) is 4.89. The highest BCUT2D eigenvalue weighted by Crippen LogP contribution is 2.13. The molecule has 1 aromatic heterocycles. The molecule has 6 heteroatoms. The molecule has 3 rings (SSSR count). The van der Waals surface area contributed by atoms with Crippen molar-refractivity contribution >= 4 is 28.5 Å². The van der Waals surface area contributed by atoms with E-state index in [0.29, 0.717) is 17.8 Å². The van der Waals surface area contributed by atoms with Gasteiger partial charge in [0.1, 0.15) is 0 Å². The minimum atomic E-state index is -0.307. The van der Waals surface area contributed by atoms with Crippen LogP contribution in [0.15, 0.2) is 60.8 Å². The predicted octanol–water partition coefficient (Wildman–Crippen LogP) is 2.92. The van der Waals surface area contributed by atoms with Gasteiger partial charge in [0.15, 0.2) is 0 Å². The summed E-state index contributed by atoms with van der Waals surface area (Å²) < 4.78 is 0. The first-order valence-corrected chi connectivity index (χ1v) is 7.86. The van der Waals surface area contributed by atoms with E-state index < -0.39 is 0 Å². The van der Waals surface area contributed by atoms with E-state index in [9.17, 15) is 9.59 Å². The van der Waals surface area contributed by atoms with Crippen molar-refractivity contribution in [3.8, 4) is 0 Å². The van der Waals surface area contributed by atoms with E-state index in [-0.39, 0.29) is 11.9 Å². The number of fused-ring (bicyclic) bond motifs is 1. The second-order valence-electron chi connectivity index (χ2n) is 5.49. The lowest BCUT2D eigenvalue weighted by atomic mass is 10.1. The molecule has 3 aromatic rings. The molecule has 0 atom stereocenters. The fourth-order valence-electron chi connectivity index (χ4n) is 2.44. The summed E-state index contributed by atoms with van der Waals surface area (Å²) in [4.78, 5) is 27.8. The number of rotatable bonds is 4. The molecule has 3 amide bonds. The average Bonchev–Trinajstić information content (AvgIpc) is 2.66. The fourth-order valence-corrected chi connectivity index (χ4v) is 2.44. The summed E-state index contributed by atoms with van der Waals surface area (Å²) in [5.74, 6) is -0.165. The summed E-state index contributed by atoms with van der Waals surface area (Å²) in [5, 5.41) is 9.13. The van der Waals surface area contributed by atoms with E-state index in [4.69, 9.17) is 0 Å². The molecule has 0 aliphatic heterocycles. The first-order chi connectivity index (χ1) is 12.2. The maximum absolute atomic E-state index is 12.0. The van der Waals surface area contributed by atoms with Crippen LogP contribution in [0.25, 0.3) is 10.9 Å². The monoisotopic (exact) mass is 334 g/mol. The van der Waals surface area contributed by atoms with Crippen molar-refractivity contribution in [1.82, 2.24) is 15.6 Å². The number of hydrogen-bond acceptors (Lipinski definition) is 3. The zero-order chi connectivity index (χ0) is 17.6. The van der Waals surface area contributed by atoms with Crippen molar-refractivity contribution in [1.29, 1.82) is 0 Å². The summed E-state index contributed by atoms with van der Waals surface area (Å²) in [7, 11) is 1.57. The van der Waals surface area contributed by atoms with Crippen molar-refractivity contribution in [3.05, 3.63) is 71.9 Å². The third-order valence-corrected chi connectivity index (χ3v) is 3.75. The second kappa shape index (κ2) is 7.44. The number of benzene rings is 2. The molecule has 0 unspecified atom stereocenters. The van der Waals surface area contributed by atoms with Crippen molar-refractivity contribution in [3.63, 3.8) is 0 Å². The van der Waals surface area contributed by atoms with Crippen LogP contribution in [0, 0.1) is 0 Å². The topological polar surface area (TPSA) is 83.1 Å². The number of carbonyl (C=O) groups is 2. The molecule has 126 valence electrons. The zero-order valence-corrected chi connectivity index (χ0v) is 13.7. The zero-order valence-electron chi connectivity index (χ0n) is 13.7. The highest BCUT2D eigenvalue weighted by molar-refractivity contribution is 5.95. The van der Waals surface area contributed by atoms with Crippen LogP contribution in [0.4, 0.5) is 10.5 Å². The Morgan fingerprint density at radius 3 is 2.60 bits per heavy atom. The fraction of sp³-hybridized carbons (Fsp3) is 0.105. The third kappa shape index (κ3) is 4.11. The van der Waals surface area contributed by atoms with Gasteiger partial charge in [-0.15, -0.1) is 0 Å². The van der Waals surface area contributed by atoms with Crippen LogP contribution in [0.1, 0.15) is 15.9 Å². The van der Waals surface area contributed by atoms with Gasteiger partial charge in [0, 0.05) is 36.4 Å². The van der Waals surface area contributed by atoms with Crippen LogP contribution in [0.3, 0.4) is 0 Å². The minimum Gasteiger partial charge on any atom is -0.355 e. The number of pyridine rings is 1. The second-order valence-corrected chi connectivity index (χ2v) is 5.49. The van der Waals surface area contributed by atoms with Crippen molar-refractivity contribution in [2.75, 3.05) is 12.4 Å². The Morgan fingerprint density at radius 2 is 1.84 bits per heavy atom. The SMILES string of the molecule is CNC(=O)c1ccc(NC(=O)NCc2ccc3ncccc3c2)cc1. The maximum atomic E-state index is 12.0. The number of amides is 3. The Morgan fingerprint density at radius 1 is 1.04 bits per heavy atom. The molecule has 0 saturated carbocycles. The van der Waals surface area contributed by atoms with Gasteiger partial charge in [-0.05, 0) is 48.0 Å². The quantitative estimate of drug-likeness (QED) is 0.686. The van der Waals surface area contributed by atoms with Crippen LogP contribution < -0.4 is 16.0 Å². The number of nitrogens with zero attached hydrogens (tertiary/aromatic N) is 1. The van der Waals surface area contributed by atoms with Crippen LogP contribution >= 0.6 is 0 Å². The molecule has 1 heterocycles. The Hall–Kier alpha value is -3.41. The van der Waals surface area contributed by atoms with Gasteiger partial charge in [-0.2, -0.15) is 0 Å².